The fraction of sp³-hybridized carbons (Fsp3) is 0.250. The molecule has 0 bridgehead atoms. The first-order valence-electron chi connectivity index (χ1n) is 14.6. The molecule has 7 nitrogen and oxygen atoms in total. The highest BCUT2D eigenvalue weighted by Crippen LogP contribution is 2.37. The molecule has 0 saturated carbocycles. The third-order valence-corrected chi connectivity index (χ3v) is 7.72. The van der Waals surface area contributed by atoms with Crippen molar-refractivity contribution in [3.8, 4) is 0 Å². The zero-order valence-corrected chi connectivity index (χ0v) is 24.6. The molecule has 2 heterocycles. The molecule has 0 radical (unpaired) electrons. The van der Waals surface area contributed by atoms with Gasteiger partial charge in [-0.05, 0) is 49.1 Å². The predicted octanol–water partition coefficient (Wildman–Crippen LogP) is 6.52. The largest absolute Gasteiger partial charge is 0.463 e. The van der Waals surface area contributed by atoms with Gasteiger partial charge in [0.15, 0.2) is 5.76 Å². The monoisotopic (exact) mass is 576 g/mol. The highest BCUT2D eigenvalue weighted by atomic mass is 16.5. The van der Waals surface area contributed by atoms with Crippen LogP contribution in [0.25, 0.3) is 0 Å². The molecule has 220 valence electrons. The van der Waals surface area contributed by atoms with Gasteiger partial charge in [0.05, 0.1) is 18.7 Å². The van der Waals surface area contributed by atoms with Gasteiger partial charge in [0.25, 0.3) is 5.91 Å². The van der Waals surface area contributed by atoms with Gasteiger partial charge >= 0.3 is 5.97 Å². The highest BCUT2D eigenvalue weighted by molar-refractivity contribution is 5.96. The molecule has 7 heteroatoms. The Kier molecular flexibility index (Phi) is 9.52. The summed E-state index contributed by atoms with van der Waals surface area (Å²) in [5, 5.41) is 0. The van der Waals surface area contributed by atoms with E-state index in [1.807, 2.05) is 78.9 Å². The molecule has 3 aromatic carbocycles. The van der Waals surface area contributed by atoms with Gasteiger partial charge in [0.1, 0.15) is 5.76 Å². The molecule has 4 aromatic rings. The summed E-state index contributed by atoms with van der Waals surface area (Å²) in [4.78, 5) is 43.5. The van der Waals surface area contributed by atoms with E-state index in [9.17, 15) is 14.4 Å². The molecular formula is C36H36N2O5. The summed E-state index contributed by atoms with van der Waals surface area (Å²) in [6, 6.07) is 32.8. The Hall–Kier alpha value is -4.91. The summed E-state index contributed by atoms with van der Waals surface area (Å²) >= 11 is 0. The maximum atomic E-state index is 13.7. The molecule has 1 atom stereocenters. The lowest BCUT2D eigenvalue weighted by atomic mass is 9.83. The zero-order chi connectivity index (χ0) is 30.2. The molecule has 43 heavy (non-hydrogen) atoms. The standard InChI is InChI=1S/C36H36N2O5/c1-3-42-36(41)34-26(2)38(33(39)23-31(34)29-17-11-6-12-18-29)25-30-19-20-32(43-30)35(40)37(24-28-15-9-5-10-16-28)22-21-27-13-7-4-8-14-27/h4-20,31H,3,21-25H2,1-2H3. The quantitative estimate of drug-likeness (QED) is 0.190. The van der Waals surface area contributed by atoms with Gasteiger partial charge < -0.3 is 19.0 Å². The van der Waals surface area contributed by atoms with Crippen LogP contribution < -0.4 is 0 Å². The van der Waals surface area contributed by atoms with Crippen molar-refractivity contribution in [1.82, 2.24) is 9.80 Å². The number of benzene rings is 3. The second-order valence-electron chi connectivity index (χ2n) is 10.6. The number of rotatable bonds is 11. The van der Waals surface area contributed by atoms with Crippen LogP contribution in [0.2, 0.25) is 0 Å². The van der Waals surface area contributed by atoms with Gasteiger partial charge in [-0.25, -0.2) is 4.79 Å². The molecule has 0 fully saturated rings. The maximum absolute atomic E-state index is 13.7. The first-order valence-corrected chi connectivity index (χ1v) is 14.6. The summed E-state index contributed by atoms with van der Waals surface area (Å²) in [5.41, 5.74) is 4.05. The second-order valence-corrected chi connectivity index (χ2v) is 10.6. The minimum absolute atomic E-state index is 0.102. The van der Waals surface area contributed by atoms with Crippen LogP contribution in [0.4, 0.5) is 0 Å². The number of nitrogens with zero attached hydrogens (tertiary/aromatic N) is 2. The van der Waals surface area contributed by atoms with Crippen LogP contribution in [-0.4, -0.2) is 40.7 Å². The van der Waals surface area contributed by atoms with E-state index < -0.39 is 11.9 Å². The number of furan rings is 1. The van der Waals surface area contributed by atoms with Crippen molar-refractivity contribution in [3.05, 3.63) is 143 Å². The number of hydrogen-bond donors (Lipinski definition) is 0. The van der Waals surface area contributed by atoms with Gasteiger partial charge in [0, 0.05) is 31.1 Å². The number of allylic oxidation sites excluding steroid dienone is 1. The van der Waals surface area contributed by atoms with Gasteiger partial charge in [-0.1, -0.05) is 91.0 Å². The van der Waals surface area contributed by atoms with Crippen LogP contribution in [0.15, 0.2) is 119 Å². The van der Waals surface area contributed by atoms with Crippen molar-refractivity contribution in [1.29, 1.82) is 0 Å². The van der Waals surface area contributed by atoms with E-state index in [1.54, 1.807) is 35.8 Å². The van der Waals surface area contributed by atoms with E-state index >= 15 is 0 Å². The van der Waals surface area contributed by atoms with Crippen LogP contribution in [0.1, 0.15) is 59.2 Å². The van der Waals surface area contributed by atoms with E-state index in [0.717, 1.165) is 16.7 Å². The summed E-state index contributed by atoms with van der Waals surface area (Å²) < 4.78 is 11.4. The van der Waals surface area contributed by atoms with Crippen molar-refractivity contribution < 1.29 is 23.5 Å². The maximum Gasteiger partial charge on any atom is 0.336 e. The Morgan fingerprint density at radius 2 is 1.51 bits per heavy atom. The fourth-order valence-corrected chi connectivity index (χ4v) is 5.50. The smallest absolute Gasteiger partial charge is 0.336 e. The number of amides is 2. The van der Waals surface area contributed by atoms with E-state index in [1.165, 1.54) is 0 Å². The topological polar surface area (TPSA) is 80.1 Å². The van der Waals surface area contributed by atoms with Crippen LogP contribution >= 0.6 is 0 Å². The van der Waals surface area contributed by atoms with Crippen LogP contribution in [0.5, 0.6) is 0 Å². The summed E-state index contributed by atoms with van der Waals surface area (Å²) in [6.45, 7) is 4.82. The SMILES string of the molecule is CCOC(=O)C1=C(C)N(Cc2ccc(C(=O)N(CCc3ccccc3)Cc3ccccc3)o2)C(=O)CC1c1ccccc1. The highest BCUT2D eigenvalue weighted by Gasteiger charge is 2.37. The lowest BCUT2D eigenvalue weighted by molar-refractivity contribution is -0.140. The molecule has 1 aliphatic heterocycles. The molecule has 0 N–H and O–H groups in total. The molecular weight excluding hydrogens is 540 g/mol. The van der Waals surface area contributed by atoms with E-state index in [4.69, 9.17) is 9.15 Å². The number of hydrogen-bond acceptors (Lipinski definition) is 5. The van der Waals surface area contributed by atoms with Gasteiger partial charge in [-0.3, -0.25) is 9.59 Å². The van der Waals surface area contributed by atoms with Crippen molar-refractivity contribution in [2.75, 3.05) is 13.2 Å². The number of carbonyl (C=O) groups excluding carboxylic acids is 3. The van der Waals surface area contributed by atoms with Crippen molar-refractivity contribution in [2.45, 2.75) is 45.7 Å². The van der Waals surface area contributed by atoms with E-state index in [-0.39, 0.29) is 37.1 Å². The third kappa shape index (κ3) is 7.12. The molecule has 0 aliphatic carbocycles. The summed E-state index contributed by atoms with van der Waals surface area (Å²) in [6.07, 6.45) is 0.838. The zero-order valence-electron chi connectivity index (χ0n) is 24.6. The molecule has 1 aromatic heterocycles. The predicted molar refractivity (Wildman–Crippen MR) is 164 cm³/mol. The molecule has 0 saturated heterocycles. The number of carbonyl (C=O) groups is 3. The van der Waals surface area contributed by atoms with Gasteiger partial charge in [-0.2, -0.15) is 0 Å². The normalized spacial score (nSPS) is 15.0. The Balaban J connectivity index is 1.37. The molecule has 2 amide bonds. The Labute approximate surface area is 252 Å². The third-order valence-electron chi connectivity index (χ3n) is 7.72. The van der Waals surface area contributed by atoms with E-state index in [0.29, 0.717) is 36.5 Å². The minimum atomic E-state index is -0.434. The summed E-state index contributed by atoms with van der Waals surface area (Å²) in [5.74, 6) is -0.514. The Morgan fingerprint density at radius 1 is 0.884 bits per heavy atom. The molecule has 1 aliphatic rings. The van der Waals surface area contributed by atoms with Crippen molar-refractivity contribution in [2.24, 2.45) is 0 Å². The van der Waals surface area contributed by atoms with Crippen molar-refractivity contribution >= 4 is 17.8 Å². The average Bonchev–Trinajstić information content (AvgIpc) is 3.51. The molecule has 5 rings (SSSR count). The van der Waals surface area contributed by atoms with Crippen LogP contribution in [0, 0.1) is 0 Å². The fourth-order valence-electron chi connectivity index (χ4n) is 5.50. The lowest BCUT2D eigenvalue weighted by Crippen LogP contribution is -2.38. The number of esters is 1. The van der Waals surface area contributed by atoms with Gasteiger partial charge in [0.2, 0.25) is 5.91 Å². The van der Waals surface area contributed by atoms with Crippen LogP contribution in [0.3, 0.4) is 0 Å². The van der Waals surface area contributed by atoms with Crippen LogP contribution in [-0.2, 0) is 33.8 Å². The first kappa shape index (κ1) is 29.6. The summed E-state index contributed by atoms with van der Waals surface area (Å²) in [7, 11) is 0. The second kappa shape index (κ2) is 13.8. The lowest BCUT2D eigenvalue weighted by Gasteiger charge is -2.34. The minimum Gasteiger partial charge on any atom is -0.463 e. The Morgan fingerprint density at radius 3 is 2.16 bits per heavy atom. The average molecular weight is 577 g/mol. The van der Waals surface area contributed by atoms with Crippen molar-refractivity contribution in [3.63, 3.8) is 0 Å². The molecule has 0 spiro atoms. The first-order chi connectivity index (χ1) is 20.9. The molecule has 1 unspecified atom stereocenters. The Bertz CT molecular complexity index is 1580. The van der Waals surface area contributed by atoms with Gasteiger partial charge in [-0.15, -0.1) is 0 Å². The van der Waals surface area contributed by atoms with E-state index in [2.05, 4.69) is 12.1 Å². The number of ether oxygens (including phenoxy) is 1.